The van der Waals surface area contributed by atoms with Crippen molar-refractivity contribution in [3.8, 4) is 11.3 Å². The number of fused-ring (bicyclic) bond motifs is 1. The van der Waals surface area contributed by atoms with Gasteiger partial charge in [-0.25, -0.2) is 0 Å². The van der Waals surface area contributed by atoms with Gasteiger partial charge in [-0.15, -0.1) is 0 Å². The van der Waals surface area contributed by atoms with E-state index in [0.29, 0.717) is 12.1 Å². The molecule has 0 aliphatic heterocycles. The summed E-state index contributed by atoms with van der Waals surface area (Å²) in [7, 11) is 3.25. The predicted molar refractivity (Wildman–Crippen MR) is 116 cm³/mol. The highest BCUT2D eigenvalue weighted by Gasteiger charge is 2.11. The van der Waals surface area contributed by atoms with Crippen LogP contribution in [0.25, 0.3) is 22.2 Å². The van der Waals surface area contributed by atoms with E-state index in [1.807, 2.05) is 60.7 Å². The fourth-order valence-corrected chi connectivity index (χ4v) is 3.39. The highest BCUT2D eigenvalue weighted by atomic mass is 35.5. The van der Waals surface area contributed by atoms with Gasteiger partial charge in [-0.3, -0.25) is 4.79 Å². The van der Waals surface area contributed by atoms with Crippen molar-refractivity contribution in [1.82, 2.24) is 4.57 Å². The summed E-state index contributed by atoms with van der Waals surface area (Å²) in [6, 6.07) is 26.1. The smallest absolute Gasteiger partial charge is 0.150 e. The minimum atomic E-state index is 0.692. The third kappa shape index (κ3) is 4.50. The first-order valence-electron chi connectivity index (χ1n) is 8.94. The van der Waals surface area contributed by atoms with E-state index in [0.717, 1.165) is 39.0 Å². The number of hydrogen-bond acceptors (Lipinski definition) is 2. The molecule has 0 aliphatic rings. The average molecular weight is 392 g/mol. The van der Waals surface area contributed by atoms with Gasteiger partial charge in [-0.1, -0.05) is 60.1 Å². The topological polar surface area (TPSA) is 31.2 Å². The maximum Gasteiger partial charge on any atom is 0.150 e. The van der Waals surface area contributed by atoms with Gasteiger partial charge in [-0.2, -0.15) is 0 Å². The average Bonchev–Trinajstić information content (AvgIpc) is 3.07. The van der Waals surface area contributed by atoms with Gasteiger partial charge in [0.15, 0.2) is 0 Å². The second kappa shape index (κ2) is 9.36. The Labute approximate surface area is 170 Å². The van der Waals surface area contributed by atoms with Crippen LogP contribution < -0.4 is 0 Å². The van der Waals surface area contributed by atoms with E-state index < -0.39 is 0 Å². The molecule has 1 heterocycles. The van der Waals surface area contributed by atoms with Crippen molar-refractivity contribution in [1.29, 1.82) is 0 Å². The molecule has 1 aromatic heterocycles. The minimum absolute atomic E-state index is 0.692. The van der Waals surface area contributed by atoms with Crippen LogP contribution in [0.1, 0.15) is 15.9 Å². The molecule has 0 saturated heterocycles. The van der Waals surface area contributed by atoms with Crippen molar-refractivity contribution in [2.75, 3.05) is 14.2 Å². The van der Waals surface area contributed by atoms with Crippen molar-refractivity contribution in [3.63, 3.8) is 0 Å². The number of methoxy groups -OCH3 is 1. The number of ether oxygens (including phenoxy) is 1. The van der Waals surface area contributed by atoms with Crippen LogP contribution in [0, 0.1) is 0 Å². The zero-order chi connectivity index (χ0) is 19.9. The van der Waals surface area contributed by atoms with Gasteiger partial charge in [0, 0.05) is 47.9 Å². The van der Waals surface area contributed by atoms with Crippen LogP contribution in [0.4, 0.5) is 0 Å². The molecule has 0 aliphatic carbocycles. The summed E-state index contributed by atoms with van der Waals surface area (Å²) < 4.78 is 6.52. The molecule has 0 spiro atoms. The monoisotopic (exact) mass is 391 g/mol. The Morgan fingerprint density at radius 2 is 1.68 bits per heavy atom. The van der Waals surface area contributed by atoms with E-state index in [2.05, 4.69) is 27.5 Å². The van der Waals surface area contributed by atoms with E-state index >= 15 is 0 Å². The fraction of sp³-hybridized carbons (Fsp3) is 0.125. The van der Waals surface area contributed by atoms with E-state index in [4.69, 9.17) is 11.6 Å². The molecule has 28 heavy (non-hydrogen) atoms. The molecule has 4 rings (SSSR count). The molecule has 4 heteroatoms. The molecule has 0 fully saturated rings. The molecule has 3 nitrogen and oxygen atoms in total. The number of benzene rings is 3. The molecule has 0 unspecified atom stereocenters. The molecule has 142 valence electrons. The van der Waals surface area contributed by atoms with Crippen molar-refractivity contribution >= 4 is 28.8 Å². The van der Waals surface area contributed by atoms with E-state index in [-0.39, 0.29) is 0 Å². The molecule has 0 N–H and O–H groups in total. The Morgan fingerprint density at radius 3 is 2.39 bits per heavy atom. The Hall–Kier alpha value is -2.88. The van der Waals surface area contributed by atoms with Crippen LogP contribution in [0.15, 0.2) is 78.9 Å². The van der Waals surface area contributed by atoms with Crippen LogP contribution >= 0.6 is 11.6 Å². The molecule has 0 atom stereocenters. The summed E-state index contributed by atoms with van der Waals surface area (Å²) in [5.74, 6) is 0. The van der Waals surface area contributed by atoms with Crippen molar-refractivity contribution in [2.45, 2.75) is 6.54 Å². The minimum Gasteiger partial charge on any atom is -0.388 e. The van der Waals surface area contributed by atoms with Gasteiger partial charge >= 0.3 is 0 Å². The van der Waals surface area contributed by atoms with Gasteiger partial charge in [0.2, 0.25) is 0 Å². The molecule has 4 aromatic rings. The zero-order valence-electron chi connectivity index (χ0n) is 15.9. The van der Waals surface area contributed by atoms with E-state index in [9.17, 15) is 4.79 Å². The molecule has 0 bridgehead atoms. The first kappa shape index (κ1) is 19.9. The maximum absolute atomic E-state index is 11.1. The largest absolute Gasteiger partial charge is 0.388 e. The summed E-state index contributed by atoms with van der Waals surface area (Å²) >= 11 is 6.18. The van der Waals surface area contributed by atoms with Gasteiger partial charge in [0.1, 0.15) is 6.29 Å². The van der Waals surface area contributed by atoms with Gasteiger partial charge in [0.25, 0.3) is 0 Å². The predicted octanol–water partition coefficient (Wildman–Crippen LogP) is 6.09. The first-order valence-corrected chi connectivity index (χ1v) is 9.32. The number of carbonyl (C=O) groups excluding carboxylic acids is 1. The summed E-state index contributed by atoms with van der Waals surface area (Å²) in [6.07, 6.45) is 0.884. The second-order valence-corrected chi connectivity index (χ2v) is 6.89. The molecule has 0 radical (unpaired) electrons. The van der Waals surface area contributed by atoms with Crippen LogP contribution in [-0.2, 0) is 11.3 Å². The lowest BCUT2D eigenvalue weighted by Crippen LogP contribution is -2.02. The van der Waals surface area contributed by atoms with Crippen LogP contribution in [0.2, 0.25) is 5.02 Å². The SMILES string of the molecule is COC.O=Cc1cccc(Cn2c(-c3ccccc3)cc3cc(Cl)ccc32)c1. The normalized spacial score (nSPS) is 10.4. The zero-order valence-corrected chi connectivity index (χ0v) is 16.7. The molecule has 3 aromatic carbocycles. The standard InChI is InChI=1S/C22H16ClNO.C2H6O/c23-20-9-10-21-19(12-20)13-22(18-7-2-1-3-8-18)24(21)14-16-5-4-6-17(11-16)15-25;1-3-2/h1-13,15H,14H2;1-2H3. The Bertz CT molecular complexity index is 1070. The van der Waals surface area contributed by atoms with Crippen molar-refractivity contribution in [2.24, 2.45) is 0 Å². The van der Waals surface area contributed by atoms with Gasteiger partial charge < -0.3 is 9.30 Å². The van der Waals surface area contributed by atoms with Crippen LogP contribution in [0.3, 0.4) is 0 Å². The number of carbonyl (C=O) groups is 1. The maximum atomic E-state index is 11.1. The Morgan fingerprint density at radius 1 is 0.929 bits per heavy atom. The number of hydrogen-bond donors (Lipinski definition) is 0. The summed E-state index contributed by atoms with van der Waals surface area (Å²) in [4.78, 5) is 11.1. The summed E-state index contributed by atoms with van der Waals surface area (Å²) in [6.45, 7) is 0.692. The van der Waals surface area contributed by atoms with Crippen molar-refractivity contribution < 1.29 is 9.53 Å². The number of aromatic nitrogens is 1. The van der Waals surface area contributed by atoms with Crippen LogP contribution in [-0.4, -0.2) is 25.1 Å². The Balaban J connectivity index is 0.000000706. The van der Waals surface area contributed by atoms with E-state index in [1.54, 1.807) is 14.2 Å². The first-order chi connectivity index (χ1) is 13.7. The summed E-state index contributed by atoms with van der Waals surface area (Å²) in [5, 5.41) is 1.84. The third-order valence-electron chi connectivity index (χ3n) is 4.36. The van der Waals surface area contributed by atoms with Crippen LogP contribution in [0.5, 0.6) is 0 Å². The number of aldehydes is 1. The van der Waals surface area contributed by atoms with Crippen molar-refractivity contribution in [3.05, 3.63) is 95.0 Å². The number of rotatable bonds is 4. The van der Waals surface area contributed by atoms with Gasteiger partial charge in [-0.05, 0) is 41.5 Å². The molecule has 0 amide bonds. The second-order valence-electron chi connectivity index (χ2n) is 6.46. The quantitative estimate of drug-likeness (QED) is 0.394. The molecular formula is C24H22ClNO2. The number of nitrogens with zero attached hydrogens (tertiary/aromatic N) is 1. The van der Waals surface area contributed by atoms with Gasteiger partial charge in [0.05, 0.1) is 0 Å². The third-order valence-corrected chi connectivity index (χ3v) is 4.60. The highest BCUT2D eigenvalue weighted by Crippen LogP contribution is 2.30. The lowest BCUT2D eigenvalue weighted by molar-refractivity contribution is 0.112. The fourth-order valence-electron chi connectivity index (χ4n) is 3.21. The lowest BCUT2D eigenvalue weighted by atomic mass is 10.1. The lowest BCUT2D eigenvalue weighted by Gasteiger charge is -2.12. The highest BCUT2D eigenvalue weighted by molar-refractivity contribution is 6.31. The Kier molecular flexibility index (Phi) is 6.64. The summed E-state index contributed by atoms with van der Waals surface area (Å²) in [5.41, 5.74) is 5.20. The molecule has 0 saturated carbocycles. The molecular weight excluding hydrogens is 370 g/mol. The number of halogens is 1. The van der Waals surface area contributed by atoms with E-state index in [1.165, 1.54) is 0 Å².